The zero-order valence-electron chi connectivity index (χ0n) is 13.9. The van der Waals surface area contributed by atoms with Crippen molar-refractivity contribution < 1.29 is 4.74 Å². The molecular weight excluding hydrogens is 416 g/mol. The molecule has 0 amide bonds. The molecule has 0 radical (unpaired) electrons. The second-order valence-electron chi connectivity index (χ2n) is 5.65. The molecule has 0 spiro atoms. The van der Waals surface area contributed by atoms with Crippen LogP contribution < -0.4 is 10.3 Å². The molecule has 132 valence electrons. The normalized spacial score (nSPS) is 11.3. The number of nitrogens with zero attached hydrogens (tertiary/aromatic N) is 4. The minimum absolute atomic E-state index is 0.0740. The molecule has 0 aliphatic carbocycles. The van der Waals surface area contributed by atoms with Crippen LogP contribution in [-0.2, 0) is 7.05 Å². The Labute approximate surface area is 161 Å². The van der Waals surface area contributed by atoms with E-state index in [1.165, 1.54) is 4.57 Å². The Morgan fingerprint density at radius 2 is 2.00 bits per heavy atom. The zero-order valence-corrected chi connectivity index (χ0v) is 16.3. The van der Waals surface area contributed by atoms with E-state index in [9.17, 15) is 4.79 Å². The first kappa shape index (κ1) is 17.1. The van der Waals surface area contributed by atoms with E-state index >= 15 is 0 Å². The molecule has 6 nitrogen and oxygen atoms in total. The molecule has 4 rings (SSSR count). The summed E-state index contributed by atoms with van der Waals surface area (Å²) in [7, 11) is 1.71. The van der Waals surface area contributed by atoms with Crippen molar-refractivity contribution >= 4 is 44.4 Å². The summed E-state index contributed by atoms with van der Waals surface area (Å²) in [4.78, 5) is 12.4. The third kappa shape index (κ3) is 3.10. The minimum atomic E-state index is -0.0740. The SMILES string of the molecule is Cn1c(=O)c2ccccc2n2c(SCCOc3cccc(Br)c3)nnc12. The van der Waals surface area contributed by atoms with Crippen LogP contribution in [0.1, 0.15) is 0 Å². The van der Waals surface area contributed by atoms with Gasteiger partial charge in [0, 0.05) is 17.3 Å². The van der Waals surface area contributed by atoms with Crippen molar-refractivity contribution in [3.63, 3.8) is 0 Å². The van der Waals surface area contributed by atoms with Crippen LogP contribution in [0.15, 0.2) is 63.0 Å². The highest BCUT2D eigenvalue weighted by molar-refractivity contribution is 9.10. The predicted molar refractivity (Wildman–Crippen MR) is 106 cm³/mol. The molecule has 0 unspecified atom stereocenters. The molecule has 2 aromatic heterocycles. The van der Waals surface area contributed by atoms with Crippen LogP contribution in [0.4, 0.5) is 0 Å². The van der Waals surface area contributed by atoms with Gasteiger partial charge in [0.1, 0.15) is 5.75 Å². The average Bonchev–Trinajstić information content (AvgIpc) is 3.08. The van der Waals surface area contributed by atoms with Gasteiger partial charge in [0.05, 0.1) is 17.5 Å². The van der Waals surface area contributed by atoms with E-state index in [0.29, 0.717) is 23.5 Å². The van der Waals surface area contributed by atoms with Crippen molar-refractivity contribution in [2.24, 2.45) is 7.05 Å². The number of hydrogen-bond donors (Lipinski definition) is 0. The van der Waals surface area contributed by atoms with E-state index in [1.807, 2.05) is 52.9 Å². The van der Waals surface area contributed by atoms with Gasteiger partial charge in [0.2, 0.25) is 5.78 Å². The van der Waals surface area contributed by atoms with Crippen molar-refractivity contribution in [2.45, 2.75) is 5.16 Å². The quantitative estimate of drug-likeness (QED) is 0.358. The standard InChI is InChI=1S/C18H15BrN4O2S/c1-22-16(24)14-7-2-3-8-15(14)23-17(22)20-21-18(23)26-10-9-25-13-6-4-5-12(19)11-13/h2-8,11H,9-10H2,1H3. The highest BCUT2D eigenvalue weighted by Crippen LogP contribution is 2.22. The van der Waals surface area contributed by atoms with E-state index in [2.05, 4.69) is 26.1 Å². The Hall–Kier alpha value is -2.32. The van der Waals surface area contributed by atoms with Crippen molar-refractivity contribution in [2.75, 3.05) is 12.4 Å². The highest BCUT2D eigenvalue weighted by Gasteiger charge is 2.14. The first-order valence-corrected chi connectivity index (χ1v) is 9.77. The molecule has 0 saturated carbocycles. The lowest BCUT2D eigenvalue weighted by atomic mass is 10.2. The van der Waals surface area contributed by atoms with Crippen molar-refractivity contribution in [1.82, 2.24) is 19.2 Å². The number of aryl methyl sites for hydroxylation is 1. The van der Waals surface area contributed by atoms with Crippen LogP contribution in [0.2, 0.25) is 0 Å². The summed E-state index contributed by atoms with van der Waals surface area (Å²) in [6.45, 7) is 0.541. The molecule has 0 aliphatic heterocycles. The Balaban J connectivity index is 1.58. The van der Waals surface area contributed by atoms with Gasteiger partial charge in [0.25, 0.3) is 5.56 Å². The van der Waals surface area contributed by atoms with Gasteiger partial charge in [-0.05, 0) is 30.3 Å². The minimum Gasteiger partial charge on any atom is -0.493 e. The third-order valence-corrected chi connectivity index (χ3v) is 5.36. The molecule has 2 aromatic carbocycles. The number of fused-ring (bicyclic) bond motifs is 3. The van der Waals surface area contributed by atoms with Gasteiger partial charge in [-0.3, -0.25) is 13.8 Å². The largest absolute Gasteiger partial charge is 0.493 e. The first-order chi connectivity index (χ1) is 12.6. The van der Waals surface area contributed by atoms with Crippen LogP contribution in [0.25, 0.3) is 16.7 Å². The summed E-state index contributed by atoms with van der Waals surface area (Å²) in [6, 6.07) is 15.2. The van der Waals surface area contributed by atoms with E-state index in [4.69, 9.17) is 4.74 Å². The maximum Gasteiger partial charge on any atom is 0.262 e. The van der Waals surface area contributed by atoms with Crippen molar-refractivity contribution in [3.05, 3.63) is 63.4 Å². The fourth-order valence-corrected chi connectivity index (χ4v) is 3.89. The van der Waals surface area contributed by atoms with Crippen molar-refractivity contribution in [1.29, 1.82) is 0 Å². The topological polar surface area (TPSA) is 61.4 Å². The number of ether oxygens (including phenoxy) is 1. The summed E-state index contributed by atoms with van der Waals surface area (Å²) in [5, 5.41) is 9.83. The molecule has 0 aliphatic rings. The maximum absolute atomic E-state index is 12.4. The lowest BCUT2D eigenvalue weighted by molar-refractivity contribution is 0.343. The lowest BCUT2D eigenvalue weighted by Crippen LogP contribution is -2.20. The molecule has 0 bridgehead atoms. The number of hydrogen-bond acceptors (Lipinski definition) is 5. The lowest BCUT2D eigenvalue weighted by Gasteiger charge is -2.08. The van der Waals surface area contributed by atoms with Gasteiger partial charge in [-0.25, -0.2) is 0 Å². The van der Waals surface area contributed by atoms with Crippen LogP contribution in [0, 0.1) is 0 Å². The van der Waals surface area contributed by atoms with E-state index in [1.54, 1.807) is 18.8 Å². The number of halogens is 1. The fraction of sp³-hybridized carbons (Fsp3) is 0.167. The summed E-state index contributed by atoms with van der Waals surface area (Å²) < 4.78 is 10.2. The molecule has 26 heavy (non-hydrogen) atoms. The Kier molecular flexibility index (Phi) is 4.69. The molecule has 0 saturated heterocycles. The fourth-order valence-electron chi connectivity index (χ4n) is 2.75. The zero-order chi connectivity index (χ0) is 18.1. The number of thioether (sulfide) groups is 1. The van der Waals surface area contributed by atoms with E-state index in [-0.39, 0.29) is 5.56 Å². The highest BCUT2D eigenvalue weighted by atomic mass is 79.9. The molecular formula is C18H15BrN4O2S. The number of para-hydroxylation sites is 1. The van der Waals surface area contributed by atoms with Crippen LogP contribution in [0.3, 0.4) is 0 Å². The van der Waals surface area contributed by atoms with E-state index in [0.717, 1.165) is 20.9 Å². The summed E-state index contributed by atoms with van der Waals surface area (Å²) in [5.74, 6) is 2.06. The van der Waals surface area contributed by atoms with Gasteiger partial charge in [0.15, 0.2) is 5.16 Å². The Morgan fingerprint density at radius 3 is 2.85 bits per heavy atom. The summed E-state index contributed by atoms with van der Waals surface area (Å²) >= 11 is 4.98. The predicted octanol–water partition coefficient (Wildman–Crippen LogP) is 3.51. The smallest absolute Gasteiger partial charge is 0.262 e. The summed E-state index contributed by atoms with van der Waals surface area (Å²) in [6.07, 6.45) is 0. The van der Waals surface area contributed by atoms with Gasteiger partial charge in [-0.1, -0.05) is 45.9 Å². The van der Waals surface area contributed by atoms with Crippen LogP contribution in [0.5, 0.6) is 5.75 Å². The van der Waals surface area contributed by atoms with Gasteiger partial charge < -0.3 is 4.74 Å². The number of rotatable bonds is 5. The summed E-state index contributed by atoms with van der Waals surface area (Å²) in [5.41, 5.74) is 0.737. The maximum atomic E-state index is 12.4. The Morgan fingerprint density at radius 1 is 1.15 bits per heavy atom. The second kappa shape index (κ2) is 7.13. The van der Waals surface area contributed by atoms with Crippen molar-refractivity contribution in [3.8, 4) is 5.75 Å². The van der Waals surface area contributed by atoms with E-state index < -0.39 is 0 Å². The molecule has 2 heterocycles. The second-order valence-corrected chi connectivity index (χ2v) is 7.63. The van der Waals surface area contributed by atoms with Gasteiger partial charge >= 0.3 is 0 Å². The van der Waals surface area contributed by atoms with Gasteiger partial charge in [-0.2, -0.15) is 0 Å². The van der Waals surface area contributed by atoms with Crippen LogP contribution in [-0.4, -0.2) is 31.5 Å². The molecule has 0 atom stereocenters. The molecule has 0 N–H and O–H groups in total. The molecule has 0 fully saturated rings. The third-order valence-electron chi connectivity index (χ3n) is 3.98. The monoisotopic (exact) mass is 430 g/mol. The first-order valence-electron chi connectivity index (χ1n) is 7.99. The molecule has 8 heteroatoms. The Bertz CT molecular complexity index is 1160. The van der Waals surface area contributed by atoms with Gasteiger partial charge in [-0.15, -0.1) is 10.2 Å². The van der Waals surface area contributed by atoms with Crippen LogP contribution >= 0.6 is 27.7 Å². The average molecular weight is 431 g/mol. The number of benzene rings is 2. The molecule has 4 aromatic rings. The number of aromatic nitrogens is 4.